The lowest BCUT2D eigenvalue weighted by Gasteiger charge is -2.20. The van der Waals surface area contributed by atoms with Gasteiger partial charge in [0.15, 0.2) is 0 Å². The van der Waals surface area contributed by atoms with E-state index in [-0.39, 0.29) is 10.8 Å². The minimum absolute atomic E-state index is 0.136. The molecule has 1 nitrogen and oxygen atoms in total. The fourth-order valence-electron chi connectivity index (χ4n) is 2.40. The molecular weight excluding hydrogens is 280 g/mol. The van der Waals surface area contributed by atoms with Crippen molar-refractivity contribution < 1.29 is 4.74 Å². The van der Waals surface area contributed by atoms with Gasteiger partial charge in [-0.3, -0.25) is 0 Å². The van der Waals surface area contributed by atoms with E-state index in [1.54, 1.807) is 7.11 Å². The highest BCUT2D eigenvalue weighted by molar-refractivity contribution is 6.22. The van der Waals surface area contributed by atoms with Gasteiger partial charge in [-0.15, -0.1) is 11.6 Å². The number of aryl methyl sites for hydroxylation is 1. The molecule has 0 spiro atoms. The summed E-state index contributed by atoms with van der Waals surface area (Å²) in [4.78, 5) is 0. The van der Waals surface area contributed by atoms with E-state index < -0.39 is 0 Å². The number of ether oxygens (including phenoxy) is 1. The molecule has 0 heterocycles. The number of halogens is 1. The van der Waals surface area contributed by atoms with Crippen molar-refractivity contribution in [2.24, 2.45) is 0 Å². The lowest BCUT2D eigenvalue weighted by molar-refractivity contribution is 0.411. The number of alkyl halides is 1. The maximum Gasteiger partial charge on any atom is 0.121 e. The molecule has 2 aromatic rings. The molecule has 1 unspecified atom stereocenters. The van der Waals surface area contributed by atoms with Crippen molar-refractivity contribution in [2.45, 2.75) is 38.5 Å². The van der Waals surface area contributed by atoms with Gasteiger partial charge in [-0.1, -0.05) is 57.2 Å². The highest BCUT2D eigenvalue weighted by atomic mass is 35.5. The third-order valence-corrected chi connectivity index (χ3v) is 4.28. The van der Waals surface area contributed by atoms with Crippen molar-refractivity contribution >= 4 is 11.6 Å². The van der Waals surface area contributed by atoms with Gasteiger partial charge in [0.25, 0.3) is 0 Å². The maximum absolute atomic E-state index is 6.62. The van der Waals surface area contributed by atoms with E-state index in [4.69, 9.17) is 16.3 Å². The van der Waals surface area contributed by atoms with Crippen LogP contribution in [0.15, 0.2) is 42.5 Å². The monoisotopic (exact) mass is 302 g/mol. The molecule has 0 amide bonds. The normalized spacial score (nSPS) is 13.0. The molecule has 0 aliphatic rings. The van der Waals surface area contributed by atoms with Gasteiger partial charge in [-0.2, -0.15) is 0 Å². The number of hydrogen-bond acceptors (Lipinski definition) is 1. The van der Waals surface area contributed by atoms with Crippen molar-refractivity contribution in [2.75, 3.05) is 7.11 Å². The number of hydrogen-bond donors (Lipinski definition) is 0. The summed E-state index contributed by atoms with van der Waals surface area (Å²) < 4.78 is 5.30. The van der Waals surface area contributed by atoms with Crippen molar-refractivity contribution in [3.63, 3.8) is 0 Å². The van der Waals surface area contributed by atoms with Gasteiger partial charge in [-0.25, -0.2) is 0 Å². The van der Waals surface area contributed by atoms with Crippen LogP contribution in [0, 0.1) is 6.92 Å². The molecule has 0 aliphatic carbocycles. The summed E-state index contributed by atoms with van der Waals surface area (Å²) in [5.74, 6) is 0.894. The zero-order valence-electron chi connectivity index (χ0n) is 13.4. The Morgan fingerprint density at radius 2 is 1.52 bits per heavy atom. The standard InChI is InChI=1S/C19H23ClO/c1-13-12-15(8-11-17(13)21-5)18(20)14-6-9-16(10-7-14)19(2,3)4/h6-12,18H,1-5H3. The highest BCUT2D eigenvalue weighted by Gasteiger charge is 2.16. The lowest BCUT2D eigenvalue weighted by Crippen LogP contribution is -2.10. The first kappa shape index (κ1) is 15.9. The second-order valence-corrected chi connectivity index (χ2v) is 6.90. The third-order valence-electron chi connectivity index (χ3n) is 3.78. The van der Waals surface area contributed by atoms with Crippen LogP contribution in [-0.4, -0.2) is 7.11 Å². The zero-order chi connectivity index (χ0) is 15.6. The average molecular weight is 303 g/mol. The molecular formula is C19H23ClO. The second kappa shape index (κ2) is 6.11. The molecule has 0 saturated carbocycles. The topological polar surface area (TPSA) is 9.23 Å². The molecule has 0 N–H and O–H groups in total. The Morgan fingerprint density at radius 3 is 2.00 bits per heavy atom. The van der Waals surface area contributed by atoms with Crippen molar-refractivity contribution in [1.29, 1.82) is 0 Å². The molecule has 21 heavy (non-hydrogen) atoms. The molecule has 0 fully saturated rings. The van der Waals surface area contributed by atoms with Crippen LogP contribution in [0.4, 0.5) is 0 Å². The van der Waals surface area contributed by atoms with Crippen LogP contribution in [0.1, 0.15) is 48.4 Å². The van der Waals surface area contributed by atoms with E-state index >= 15 is 0 Å². The van der Waals surface area contributed by atoms with Crippen LogP contribution < -0.4 is 4.74 Å². The summed E-state index contributed by atoms with van der Waals surface area (Å²) in [5.41, 5.74) is 4.80. The minimum atomic E-state index is -0.136. The Bertz CT molecular complexity index is 608. The van der Waals surface area contributed by atoms with E-state index in [9.17, 15) is 0 Å². The Labute approximate surface area is 132 Å². The fraction of sp³-hybridized carbons (Fsp3) is 0.368. The number of rotatable bonds is 3. The summed E-state index contributed by atoms with van der Waals surface area (Å²) >= 11 is 6.62. The molecule has 0 bridgehead atoms. The van der Waals surface area contributed by atoms with Crippen LogP contribution in [0.5, 0.6) is 5.75 Å². The maximum atomic E-state index is 6.62. The molecule has 0 saturated heterocycles. The SMILES string of the molecule is COc1ccc(C(Cl)c2ccc(C(C)(C)C)cc2)cc1C. The highest BCUT2D eigenvalue weighted by Crippen LogP contribution is 2.33. The Balaban J connectivity index is 2.27. The van der Waals surface area contributed by atoms with Gasteiger partial charge in [0, 0.05) is 0 Å². The Morgan fingerprint density at radius 1 is 0.952 bits per heavy atom. The molecule has 0 aliphatic heterocycles. The van der Waals surface area contributed by atoms with E-state index in [1.165, 1.54) is 5.56 Å². The summed E-state index contributed by atoms with van der Waals surface area (Å²) in [6.07, 6.45) is 0. The summed E-state index contributed by atoms with van der Waals surface area (Å²) in [6.45, 7) is 8.68. The van der Waals surface area contributed by atoms with Crippen molar-refractivity contribution in [3.05, 3.63) is 64.7 Å². The van der Waals surface area contributed by atoms with Gasteiger partial charge in [0.05, 0.1) is 12.5 Å². The molecule has 2 rings (SSSR count). The first-order valence-corrected chi connectivity index (χ1v) is 7.65. The number of methoxy groups -OCH3 is 1. The molecule has 1 atom stereocenters. The van der Waals surface area contributed by atoms with E-state index in [0.717, 1.165) is 22.4 Å². The largest absolute Gasteiger partial charge is 0.496 e. The Kier molecular flexibility index (Phi) is 4.63. The average Bonchev–Trinajstić information content (AvgIpc) is 2.45. The lowest BCUT2D eigenvalue weighted by atomic mass is 9.86. The fourth-order valence-corrected chi connectivity index (χ4v) is 2.69. The van der Waals surface area contributed by atoms with Gasteiger partial charge < -0.3 is 4.74 Å². The quantitative estimate of drug-likeness (QED) is 0.668. The molecule has 0 radical (unpaired) electrons. The Hall–Kier alpha value is -1.47. The summed E-state index contributed by atoms with van der Waals surface area (Å²) in [7, 11) is 1.69. The van der Waals surface area contributed by atoms with Crippen LogP contribution in [0.3, 0.4) is 0 Å². The first-order chi connectivity index (χ1) is 9.82. The predicted molar refractivity (Wildman–Crippen MR) is 90.6 cm³/mol. The molecule has 2 aromatic carbocycles. The molecule has 2 heteroatoms. The van der Waals surface area contributed by atoms with E-state index in [2.05, 4.69) is 51.1 Å². The summed E-state index contributed by atoms with van der Waals surface area (Å²) in [6, 6.07) is 14.7. The predicted octanol–water partition coefficient (Wildman–Crippen LogP) is 5.63. The molecule has 112 valence electrons. The number of benzene rings is 2. The minimum Gasteiger partial charge on any atom is -0.496 e. The van der Waals surface area contributed by atoms with Gasteiger partial charge >= 0.3 is 0 Å². The van der Waals surface area contributed by atoms with Crippen LogP contribution >= 0.6 is 11.6 Å². The first-order valence-electron chi connectivity index (χ1n) is 7.22. The third kappa shape index (κ3) is 3.59. The van der Waals surface area contributed by atoms with Crippen LogP contribution in [-0.2, 0) is 5.41 Å². The molecule has 0 aromatic heterocycles. The van der Waals surface area contributed by atoms with Gasteiger partial charge in [-0.05, 0) is 40.7 Å². The van der Waals surface area contributed by atoms with Gasteiger partial charge in [0.2, 0.25) is 0 Å². The van der Waals surface area contributed by atoms with Crippen molar-refractivity contribution in [3.8, 4) is 5.75 Å². The summed E-state index contributed by atoms with van der Waals surface area (Å²) in [5, 5.41) is -0.136. The van der Waals surface area contributed by atoms with Crippen molar-refractivity contribution in [1.82, 2.24) is 0 Å². The second-order valence-electron chi connectivity index (χ2n) is 6.46. The van der Waals surface area contributed by atoms with Crippen LogP contribution in [0.2, 0.25) is 0 Å². The van der Waals surface area contributed by atoms with Crippen LogP contribution in [0.25, 0.3) is 0 Å². The van der Waals surface area contributed by atoms with E-state index in [1.807, 2.05) is 19.1 Å². The smallest absolute Gasteiger partial charge is 0.121 e. The van der Waals surface area contributed by atoms with Gasteiger partial charge in [0.1, 0.15) is 5.75 Å². The van der Waals surface area contributed by atoms with E-state index in [0.29, 0.717) is 0 Å². The zero-order valence-corrected chi connectivity index (χ0v) is 14.2.